The van der Waals surface area contributed by atoms with Crippen LogP contribution in [0.2, 0.25) is 5.02 Å². The van der Waals surface area contributed by atoms with Gasteiger partial charge in [0.25, 0.3) is 5.91 Å². The first-order valence-electron chi connectivity index (χ1n) is 16.0. The Kier molecular flexibility index (Phi) is 9.88. The topological polar surface area (TPSA) is 90.2 Å². The van der Waals surface area contributed by atoms with Crippen molar-refractivity contribution in [2.75, 3.05) is 32.8 Å². The van der Waals surface area contributed by atoms with Gasteiger partial charge in [0, 0.05) is 79.8 Å². The highest BCUT2D eigenvalue weighted by Crippen LogP contribution is 2.34. The van der Waals surface area contributed by atoms with Crippen LogP contribution in [0, 0.1) is 0 Å². The van der Waals surface area contributed by atoms with Crippen molar-refractivity contribution in [2.45, 2.75) is 70.2 Å². The molecule has 2 fully saturated rings. The van der Waals surface area contributed by atoms with Crippen LogP contribution in [0.4, 0.5) is 0 Å². The zero-order valence-corrected chi connectivity index (χ0v) is 26.8. The Morgan fingerprint density at radius 3 is 2.51 bits per heavy atom. The Balaban J connectivity index is 1.06. The molecule has 3 aliphatic rings. The van der Waals surface area contributed by atoms with E-state index in [1.807, 2.05) is 44.3 Å². The van der Waals surface area contributed by atoms with Gasteiger partial charge in [-0.2, -0.15) is 0 Å². The van der Waals surface area contributed by atoms with Gasteiger partial charge in [0.05, 0.1) is 13.2 Å². The fourth-order valence-corrected chi connectivity index (χ4v) is 6.87. The smallest absolute Gasteiger partial charge is 0.445 e. The number of pyridine rings is 1. The minimum atomic E-state index is -0.101. The number of ether oxygens (including phenoxy) is 2. The van der Waals surface area contributed by atoms with Crippen LogP contribution in [-0.2, 0) is 11.3 Å². The quantitative estimate of drug-likeness (QED) is 0.289. The van der Waals surface area contributed by atoms with E-state index >= 15 is 0 Å². The van der Waals surface area contributed by atoms with Crippen molar-refractivity contribution < 1.29 is 24.0 Å². The summed E-state index contributed by atoms with van der Waals surface area (Å²) < 4.78 is 13.7. The molecule has 3 aromatic rings. The van der Waals surface area contributed by atoms with E-state index in [-0.39, 0.29) is 24.0 Å². The zero-order valence-electron chi connectivity index (χ0n) is 26.1. The molecule has 0 radical (unpaired) electrons. The molecule has 0 unspecified atom stereocenters. The van der Waals surface area contributed by atoms with Crippen molar-refractivity contribution in [3.05, 3.63) is 88.6 Å². The molecule has 10 heteroatoms. The van der Waals surface area contributed by atoms with Crippen molar-refractivity contribution in [3.8, 4) is 11.6 Å². The molecule has 3 aliphatic heterocycles. The SMILES string of the molecule is CC(C)NC(=O)c1ccc(Oc2ccc(CN3CCC(N4C(O)=[N+](C5CCOCC5)C[C@H]4c4cccc(Cl)c4)CC3)cn2)cc1. The van der Waals surface area contributed by atoms with E-state index in [0.29, 0.717) is 29.3 Å². The Morgan fingerprint density at radius 1 is 1.09 bits per heavy atom. The van der Waals surface area contributed by atoms with E-state index in [1.54, 1.807) is 24.3 Å². The van der Waals surface area contributed by atoms with Gasteiger partial charge >= 0.3 is 6.02 Å². The molecule has 2 aromatic carbocycles. The molecule has 1 aromatic heterocycles. The predicted molar refractivity (Wildman–Crippen MR) is 174 cm³/mol. The van der Waals surface area contributed by atoms with Gasteiger partial charge in [0.1, 0.15) is 24.4 Å². The molecule has 1 atom stereocenters. The van der Waals surface area contributed by atoms with E-state index < -0.39 is 0 Å². The van der Waals surface area contributed by atoms with Crippen LogP contribution in [0.25, 0.3) is 0 Å². The van der Waals surface area contributed by atoms with Gasteiger partial charge in [-0.3, -0.25) is 9.69 Å². The van der Waals surface area contributed by atoms with Crippen molar-refractivity contribution >= 4 is 23.5 Å². The summed E-state index contributed by atoms with van der Waals surface area (Å²) in [6.45, 7) is 8.78. The monoisotopic (exact) mass is 632 g/mol. The summed E-state index contributed by atoms with van der Waals surface area (Å²) in [6.07, 6.45) is 5.65. The number of hydrogen-bond acceptors (Lipinski definition) is 6. The maximum Gasteiger partial charge on any atom is 0.445 e. The molecule has 0 aliphatic carbocycles. The van der Waals surface area contributed by atoms with Gasteiger partial charge in [0.15, 0.2) is 6.04 Å². The van der Waals surface area contributed by atoms with E-state index in [1.165, 1.54) is 0 Å². The molecule has 2 saturated heterocycles. The summed E-state index contributed by atoms with van der Waals surface area (Å²) in [5, 5.41) is 15.2. The standard InChI is InChI=1S/C35H42ClN5O4/c1-24(2)38-34(42)26-7-9-31(10-8-26)45-33-11-6-25(21-37-33)22-39-16-12-30(13-17-39)41-32(27-4-3-5-28(36)20-27)23-40(35(41)43)29-14-18-44-19-15-29/h3-11,20-21,24,29-30,32H,12-19,22-23H2,1-2H3,(H,38,42)/p+1/t32-/m0/s1. The number of amides is 1. The van der Waals surface area contributed by atoms with Crippen LogP contribution in [0.1, 0.15) is 67.1 Å². The van der Waals surface area contributed by atoms with E-state index in [0.717, 1.165) is 81.2 Å². The fourth-order valence-electron chi connectivity index (χ4n) is 6.67. The summed E-state index contributed by atoms with van der Waals surface area (Å²) in [6, 6.07) is 20.2. The highest BCUT2D eigenvalue weighted by Gasteiger charge is 2.48. The first kappa shape index (κ1) is 31.3. The van der Waals surface area contributed by atoms with Gasteiger partial charge in [-0.15, -0.1) is 0 Å². The number of aliphatic hydroxyl groups is 1. The summed E-state index contributed by atoms with van der Waals surface area (Å²) >= 11 is 6.40. The Labute approximate surface area is 270 Å². The molecular weight excluding hydrogens is 590 g/mol. The molecule has 0 bridgehead atoms. The first-order valence-corrected chi connectivity index (χ1v) is 16.4. The lowest BCUT2D eigenvalue weighted by Crippen LogP contribution is -2.47. The van der Waals surface area contributed by atoms with Gasteiger partial charge in [-0.25, -0.2) is 14.5 Å². The van der Waals surface area contributed by atoms with Crippen molar-refractivity contribution in [1.29, 1.82) is 0 Å². The molecule has 9 nitrogen and oxygen atoms in total. The molecule has 238 valence electrons. The molecule has 0 saturated carbocycles. The number of nitrogens with one attached hydrogen (secondary N) is 1. The van der Waals surface area contributed by atoms with E-state index in [2.05, 4.69) is 36.8 Å². The molecule has 1 amide bonds. The van der Waals surface area contributed by atoms with Gasteiger partial charge in [0.2, 0.25) is 5.88 Å². The Hall–Kier alpha value is -3.66. The van der Waals surface area contributed by atoms with Crippen LogP contribution >= 0.6 is 11.6 Å². The number of nitrogens with zero attached hydrogens (tertiary/aromatic N) is 4. The molecule has 45 heavy (non-hydrogen) atoms. The van der Waals surface area contributed by atoms with Crippen LogP contribution in [0.5, 0.6) is 11.6 Å². The highest BCUT2D eigenvalue weighted by molar-refractivity contribution is 6.30. The number of hydrogen-bond donors (Lipinski definition) is 2. The van der Waals surface area contributed by atoms with Crippen LogP contribution in [0.15, 0.2) is 66.9 Å². The van der Waals surface area contributed by atoms with E-state index in [4.69, 9.17) is 21.1 Å². The van der Waals surface area contributed by atoms with E-state index in [9.17, 15) is 9.90 Å². The molecular formula is C35H43ClN5O4+. The molecule has 4 heterocycles. The second kappa shape index (κ2) is 14.2. The average molecular weight is 633 g/mol. The van der Waals surface area contributed by atoms with Gasteiger partial charge in [-0.1, -0.05) is 29.8 Å². The van der Waals surface area contributed by atoms with Crippen molar-refractivity contribution in [2.24, 2.45) is 0 Å². The average Bonchev–Trinajstić information content (AvgIpc) is 3.39. The molecule has 2 N–H and O–H groups in total. The largest absolute Gasteiger partial charge is 0.447 e. The lowest BCUT2D eigenvalue weighted by atomic mass is 9.98. The fraction of sp³-hybridized carbons (Fsp3) is 0.457. The van der Waals surface area contributed by atoms with Crippen molar-refractivity contribution in [1.82, 2.24) is 20.1 Å². The maximum atomic E-state index is 12.2. The summed E-state index contributed by atoms with van der Waals surface area (Å²) in [5.41, 5.74) is 2.86. The first-order chi connectivity index (χ1) is 21.8. The summed E-state index contributed by atoms with van der Waals surface area (Å²) in [4.78, 5) is 21.4. The predicted octanol–water partition coefficient (Wildman–Crippen LogP) is 5.79. The number of benzene rings is 2. The zero-order chi connectivity index (χ0) is 31.3. The lowest BCUT2D eigenvalue weighted by Gasteiger charge is -2.35. The Bertz CT molecular complexity index is 1480. The molecule has 0 spiro atoms. The summed E-state index contributed by atoms with van der Waals surface area (Å²) in [7, 11) is 0. The number of carbonyl (C=O) groups is 1. The number of aliphatic hydroxyl groups excluding tert-OH is 1. The number of likely N-dealkylation sites (tertiary alicyclic amines) is 1. The minimum absolute atomic E-state index is 0.0632. The Morgan fingerprint density at radius 2 is 1.84 bits per heavy atom. The number of aromatic nitrogens is 1. The molecule has 6 rings (SSSR count). The number of piperidine rings is 1. The third-order valence-electron chi connectivity index (χ3n) is 8.97. The second-order valence-electron chi connectivity index (χ2n) is 12.5. The highest BCUT2D eigenvalue weighted by atomic mass is 35.5. The second-order valence-corrected chi connectivity index (χ2v) is 13.0. The normalized spacial score (nSPS) is 20.2. The third-order valence-corrected chi connectivity index (χ3v) is 9.21. The van der Waals surface area contributed by atoms with Crippen LogP contribution < -0.4 is 10.1 Å². The van der Waals surface area contributed by atoms with Crippen molar-refractivity contribution in [3.63, 3.8) is 0 Å². The van der Waals surface area contributed by atoms with Gasteiger partial charge < -0.3 is 19.9 Å². The maximum absolute atomic E-state index is 12.2. The number of amidine groups is 1. The number of rotatable bonds is 9. The minimum Gasteiger partial charge on any atom is -0.447 e. The van der Waals surface area contributed by atoms with Crippen LogP contribution in [-0.4, -0.2) is 87.4 Å². The third kappa shape index (κ3) is 7.60. The van der Waals surface area contributed by atoms with Crippen LogP contribution in [0.3, 0.4) is 0 Å². The number of carbonyl (C=O) groups excluding carboxylic acids is 1. The van der Waals surface area contributed by atoms with Gasteiger partial charge in [-0.05, 0) is 55.8 Å². The lowest BCUT2D eigenvalue weighted by molar-refractivity contribution is -0.572. The number of halogens is 1. The summed E-state index contributed by atoms with van der Waals surface area (Å²) in [5.74, 6) is 1.04.